The van der Waals surface area contributed by atoms with Gasteiger partial charge in [0, 0.05) is 29.3 Å². The molecule has 1 aromatic carbocycles. The topological polar surface area (TPSA) is 26.5 Å². The molecule has 0 bridgehead atoms. The highest BCUT2D eigenvalue weighted by Crippen LogP contribution is 2.35. The van der Waals surface area contributed by atoms with Crippen LogP contribution in [0.25, 0.3) is 28.2 Å². The Balaban J connectivity index is 2.21. The van der Waals surface area contributed by atoms with Gasteiger partial charge in [-0.1, -0.05) is 35.5 Å². The molecule has 3 nitrogen and oxygen atoms in total. The summed E-state index contributed by atoms with van der Waals surface area (Å²) in [7, 11) is 1.57. The molecule has 0 atom stereocenters. The lowest BCUT2D eigenvalue weighted by Gasteiger charge is -2.18. The lowest BCUT2D eigenvalue weighted by molar-refractivity contribution is 0.200. The van der Waals surface area contributed by atoms with Crippen LogP contribution in [0.5, 0.6) is 0 Å². The number of hydrogen-bond donors (Lipinski definition) is 0. The quantitative estimate of drug-likeness (QED) is 0.488. The SMILES string of the molecule is CO/N=c1/ccc2c3ccccc3c3n(c-2c1)C=CC3. The van der Waals surface area contributed by atoms with Crippen molar-refractivity contribution in [1.29, 1.82) is 0 Å². The van der Waals surface area contributed by atoms with Gasteiger partial charge in [-0.05, 0) is 23.6 Å². The van der Waals surface area contributed by atoms with Gasteiger partial charge in [-0.2, -0.15) is 0 Å². The first-order valence-corrected chi connectivity index (χ1v) is 6.68. The van der Waals surface area contributed by atoms with E-state index in [4.69, 9.17) is 4.84 Å². The molecule has 0 radical (unpaired) electrons. The van der Waals surface area contributed by atoms with E-state index < -0.39 is 0 Å². The minimum atomic E-state index is 0.838. The summed E-state index contributed by atoms with van der Waals surface area (Å²) in [5.74, 6) is 0. The van der Waals surface area contributed by atoms with Gasteiger partial charge in [0.1, 0.15) is 12.5 Å². The van der Waals surface area contributed by atoms with E-state index in [1.54, 1.807) is 7.11 Å². The zero-order valence-corrected chi connectivity index (χ0v) is 11.2. The van der Waals surface area contributed by atoms with Crippen molar-refractivity contribution in [3.63, 3.8) is 0 Å². The summed E-state index contributed by atoms with van der Waals surface area (Å²) < 4.78 is 2.26. The van der Waals surface area contributed by atoms with Gasteiger partial charge < -0.3 is 9.40 Å². The maximum Gasteiger partial charge on any atom is 0.106 e. The van der Waals surface area contributed by atoms with Crippen LogP contribution in [-0.2, 0) is 11.3 Å². The number of hydrogen-bond acceptors (Lipinski definition) is 2. The average Bonchev–Trinajstić information content (AvgIpc) is 2.98. The van der Waals surface area contributed by atoms with Gasteiger partial charge in [-0.3, -0.25) is 0 Å². The van der Waals surface area contributed by atoms with Crippen molar-refractivity contribution < 1.29 is 4.84 Å². The number of fused-ring (bicyclic) bond motifs is 6. The number of pyridine rings is 1. The van der Waals surface area contributed by atoms with E-state index in [0.29, 0.717) is 0 Å². The van der Waals surface area contributed by atoms with Gasteiger partial charge in [0.15, 0.2) is 0 Å². The van der Waals surface area contributed by atoms with Crippen molar-refractivity contribution >= 4 is 17.0 Å². The molecule has 0 aromatic heterocycles. The van der Waals surface area contributed by atoms with Crippen LogP contribution in [0.15, 0.2) is 53.7 Å². The summed E-state index contributed by atoms with van der Waals surface area (Å²) in [6.07, 6.45) is 5.31. The summed E-state index contributed by atoms with van der Waals surface area (Å²) in [5.41, 5.74) is 3.75. The van der Waals surface area contributed by atoms with Crippen LogP contribution in [0.2, 0.25) is 0 Å². The molecular formula is C17H14N2O. The average molecular weight is 262 g/mol. The lowest BCUT2D eigenvalue weighted by Crippen LogP contribution is -2.08. The Morgan fingerprint density at radius 3 is 2.80 bits per heavy atom. The second-order valence-corrected chi connectivity index (χ2v) is 4.93. The van der Waals surface area contributed by atoms with E-state index in [9.17, 15) is 0 Å². The first-order chi connectivity index (χ1) is 9.88. The summed E-state index contributed by atoms with van der Waals surface area (Å²) in [6.45, 7) is 0. The lowest BCUT2D eigenvalue weighted by atomic mass is 9.98. The van der Waals surface area contributed by atoms with Gasteiger partial charge in [-0.15, -0.1) is 0 Å². The molecule has 1 aromatic rings. The Kier molecular flexibility index (Phi) is 2.39. The standard InChI is InChI=1S/C17H14N2O/c1-20-18-12-8-9-15-13-5-2-3-6-14(13)16-7-4-10-19(16)17(15)11-12/h2-6,8-11H,7H2,1H3/b18-12-. The van der Waals surface area contributed by atoms with Gasteiger partial charge in [0.25, 0.3) is 0 Å². The molecule has 0 spiro atoms. The van der Waals surface area contributed by atoms with Crippen LogP contribution >= 0.6 is 0 Å². The maximum absolute atomic E-state index is 4.88. The molecule has 0 saturated heterocycles. The first-order valence-electron chi connectivity index (χ1n) is 6.68. The Labute approximate surface area is 116 Å². The van der Waals surface area contributed by atoms with Crippen LogP contribution in [0.3, 0.4) is 0 Å². The fourth-order valence-electron chi connectivity index (χ4n) is 3.00. The summed E-state index contributed by atoms with van der Waals surface area (Å²) >= 11 is 0. The van der Waals surface area contributed by atoms with Crippen molar-refractivity contribution in [3.05, 3.63) is 59.6 Å². The number of rotatable bonds is 1. The predicted molar refractivity (Wildman–Crippen MR) is 80.2 cm³/mol. The van der Waals surface area contributed by atoms with E-state index in [2.05, 4.69) is 58.4 Å². The van der Waals surface area contributed by atoms with Gasteiger partial charge >= 0.3 is 0 Å². The van der Waals surface area contributed by atoms with Crippen LogP contribution in [0, 0.1) is 0 Å². The molecule has 0 saturated carbocycles. The number of aromatic nitrogens is 1. The molecule has 0 fully saturated rings. The molecule has 20 heavy (non-hydrogen) atoms. The largest absolute Gasteiger partial charge is 0.399 e. The van der Waals surface area contributed by atoms with Crippen molar-refractivity contribution in [3.8, 4) is 11.3 Å². The molecular weight excluding hydrogens is 248 g/mol. The molecule has 2 aliphatic heterocycles. The van der Waals surface area contributed by atoms with Gasteiger partial charge in [-0.25, -0.2) is 0 Å². The molecule has 3 heteroatoms. The van der Waals surface area contributed by atoms with Crippen molar-refractivity contribution in [2.75, 3.05) is 7.11 Å². The summed E-state index contributed by atoms with van der Waals surface area (Å²) in [5, 5.41) is 7.48. The highest BCUT2D eigenvalue weighted by molar-refractivity contribution is 5.99. The maximum atomic E-state index is 4.88. The second-order valence-electron chi connectivity index (χ2n) is 4.93. The van der Waals surface area contributed by atoms with Gasteiger partial charge in [0.05, 0.1) is 5.69 Å². The normalized spacial score (nSPS) is 14.2. The smallest absolute Gasteiger partial charge is 0.106 e. The Morgan fingerprint density at radius 2 is 1.95 bits per heavy atom. The van der Waals surface area contributed by atoms with Crippen molar-refractivity contribution in [1.82, 2.24) is 4.57 Å². The highest BCUT2D eigenvalue weighted by atomic mass is 16.6. The third kappa shape index (κ3) is 1.50. The highest BCUT2D eigenvalue weighted by Gasteiger charge is 2.17. The van der Waals surface area contributed by atoms with Crippen LogP contribution < -0.4 is 5.36 Å². The minimum absolute atomic E-state index is 0.838. The van der Waals surface area contributed by atoms with Gasteiger partial charge in [0.2, 0.25) is 0 Å². The monoisotopic (exact) mass is 262 g/mol. The fourth-order valence-corrected chi connectivity index (χ4v) is 3.00. The van der Waals surface area contributed by atoms with Crippen LogP contribution in [0.1, 0.15) is 5.69 Å². The molecule has 1 aliphatic carbocycles. The van der Waals surface area contributed by atoms with E-state index in [0.717, 1.165) is 11.8 Å². The third-order valence-electron chi connectivity index (χ3n) is 3.82. The predicted octanol–water partition coefficient (Wildman–Crippen LogP) is 3.24. The molecule has 0 N–H and O–H groups in total. The molecule has 3 aliphatic rings. The molecule has 4 rings (SSSR count). The minimum Gasteiger partial charge on any atom is -0.399 e. The molecule has 0 unspecified atom stereocenters. The van der Waals surface area contributed by atoms with Crippen LogP contribution in [-0.4, -0.2) is 11.7 Å². The van der Waals surface area contributed by atoms with Crippen molar-refractivity contribution in [2.24, 2.45) is 5.16 Å². The second kappa shape index (κ2) is 4.23. The first kappa shape index (κ1) is 11.3. The van der Waals surface area contributed by atoms with E-state index in [1.807, 2.05) is 6.07 Å². The van der Waals surface area contributed by atoms with Crippen LogP contribution in [0.4, 0.5) is 0 Å². The fraction of sp³-hybridized carbons (Fsp3) is 0.118. The Hall–Kier alpha value is -2.55. The summed E-state index contributed by atoms with van der Waals surface area (Å²) in [6, 6.07) is 14.8. The van der Waals surface area contributed by atoms with E-state index in [-0.39, 0.29) is 0 Å². The zero-order valence-electron chi connectivity index (χ0n) is 11.2. The number of benzene rings is 2. The molecule has 98 valence electrons. The van der Waals surface area contributed by atoms with Crippen molar-refractivity contribution in [2.45, 2.75) is 6.42 Å². The summed E-state index contributed by atoms with van der Waals surface area (Å²) in [4.78, 5) is 4.88. The van der Waals surface area contributed by atoms with E-state index in [1.165, 1.54) is 27.7 Å². The zero-order chi connectivity index (χ0) is 13.5. The Morgan fingerprint density at radius 1 is 1.10 bits per heavy atom. The number of allylic oxidation sites excluding steroid dienone is 1. The Bertz CT molecular complexity index is 874. The third-order valence-corrected chi connectivity index (χ3v) is 3.82. The van der Waals surface area contributed by atoms with E-state index >= 15 is 0 Å². The molecule has 0 amide bonds. The molecule has 2 heterocycles. The number of nitrogens with zero attached hydrogens (tertiary/aromatic N) is 2.